The van der Waals surface area contributed by atoms with Crippen molar-refractivity contribution in [2.75, 3.05) is 5.32 Å². The van der Waals surface area contributed by atoms with Crippen molar-refractivity contribution >= 4 is 17.6 Å². The van der Waals surface area contributed by atoms with Crippen LogP contribution in [0.4, 0.5) is 5.69 Å². The van der Waals surface area contributed by atoms with Crippen molar-refractivity contribution in [3.05, 3.63) is 48.3 Å². The van der Waals surface area contributed by atoms with Crippen molar-refractivity contribution in [3.8, 4) is 0 Å². The molecule has 110 valence electrons. The number of carbonyl (C=O) groups excluding carboxylic acids is 1. The van der Waals surface area contributed by atoms with Crippen molar-refractivity contribution < 1.29 is 14.7 Å². The monoisotopic (exact) mass is 287 g/mol. The van der Waals surface area contributed by atoms with Gasteiger partial charge in [-0.1, -0.05) is 19.1 Å². The first-order chi connectivity index (χ1) is 10.0. The lowest BCUT2D eigenvalue weighted by atomic mass is 9.98. The highest BCUT2D eigenvalue weighted by molar-refractivity contribution is 5.90. The van der Waals surface area contributed by atoms with Gasteiger partial charge in [-0.3, -0.25) is 14.3 Å². The van der Waals surface area contributed by atoms with Crippen LogP contribution in [0.3, 0.4) is 0 Å². The van der Waals surface area contributed by atoms with Crippen LogP contribution in [-0.2, 0) is 16.1 Å². The summed E-state index contributed by atoms with van der Waals surface area (Å²) in [6.07, 6.45) is 3.42. The molecule has 0 saturated heterocycles. The molecule has 0 aliphatic carbocycles. The molecule has 21 heavy (non-hydrogen) atoms. The zero-order valence-corrected chi connectivity index (χ0v) is 11.7. The van der Waals surface area contributed by atoms with Gasteiger partial charge in [0.2, 0.25) is 5.91 Å². The summed E-state index contributed by atoms with van der Waals surface area (Å²) in [5.41, 5.74) is 1.61. The van der Waals surface area contributed by atoms with Gasteiger partial charge >= 0.3 is 5.97 Å². The van der Waals surface area contributed by atoms with Gasteiger partial charge < -0.3 is 10.4 Å². The van der Waals surface area contributed by atoms with Crippen LogP contribution in [-0.4, -0.2) is 26.8 Å². The average Bonchev–Trinajstić information content (AvgIpc) is 2.91. The number of benzene rings is 1. The van der Waals surface area contributed by atoms with Crippen molar-refractivity contribution in [1.29, 1.82) is 0 Å². The summed E-state index contributed by atoms with van der Waals surface area (Å²) >= 11 is 0. The van der Waals surface area contributed by atoms with E-state index in [-0.39, 0.29) is 24.8 Å². The van der Waals surface area contributed by atoms with E-state index in [9.17, 15) is 9.59 Å². The number of hydrogen-bond acceptors (Lipinski definition) is 3. The lowest BCUT2D eigenvalue weighted by Gasteiger charge is -2.10. The van der Waals surface area contributed by atoms with Crippen LogP contribution in [0.25, 0.3) is 0 Å². The normalized spacial score (nSPS) is 11.9. The standard InChI is InChI=1S/C15H17N3O3/c1-11(9-15(20)21)12-3-5-13(6-4-12)17-14(19)10-18-8-2-7-16-18/h2-8,11H,9-10H2,1H3,(H,17,19)(H,20,21). The Morgan fingerprint density at radius 3 is 2.62 bits per heavy atom. The first kappa shape index (κ1) is 14.8. The summed E-state index contributed by atoms with van der Waals surface area (Å²) in [7, 11) is 0. The van der Waals surface area contributed by atoms with Crippen LogP contribution in [0.15, 0.2) is 42.7 Å². The van der Waals surface area contributed by atoms with Crippen molar-refractivity contribution in [2.45, 2.75) is 25.8 Å². The maximum atomic E-state index is 11.8. The SMILES string of the molecule is CC(CC(=O)O)c1ccc(NC(=O)Cn2cccn2)cc1. The van der Waals surface area contributed by atoms with Gasteiger partial charge in [0.1, 0.15) is 6.54 Å². The summed E-state index contributed by atoms with van der Waals surface area (Å²) in [5, 5.41) is 15.5. The Labute approximate surface area is 122 Å². The molecule has 1 heterocycles. The highest BCUT2D eigenvalue weighted by Gasteiger charge is 2.10. The number of carboxylic acid groups (broad SMARTS) is 1. The fourth-order valence-corrected chi connectivity index (χ4v) is 2.02. The Morgan fingerprint density at radius 1 is 1.33 bits per heavy atom. The summed E-state index contributed by atoms with van der Waals surface area (Å²) < 4.78 is 1.54. The Hall–Kier alpha value is -2.63. The second kappa shape index (κ2) is 6.69. The molecule has 1 atom stereocenters. The summed E-state index contributed by atoms with van der Waals surface area (Å²) in [6.45, 7) is 2.02. The van der Waals surface area contributed by atoms with Crippen LogP contribution in [0.1, 0.15) is 24.8 Å². The second-order valence-corrected chi connectivity index (χ2v) is 4.87. The van der Waals surface area contributed by atoms with E-state index >= 15 is 0 Å². The number of aromatic nitrogens is 2. The van der Waals surface area contributed by atoms with E-state index in [1.54, 1.807) is 35.3 Å². The molecule has 0 aliphatic rings. The number of hydrogen-bond donors (Lipinski definition) is 2. The predicted octanol–water partition coefficient (Wildman–Crippen LogP) is 2.10. The van der Waals surface area contributed by atoms with Gasteiger partial charge in [-0.15, -0.1) is 0 Å². The smallest absolute Gasteiger partial charge is 0.303 e. The second-order valence-electron chi connectivity index (χ2n) is 4.87. The molecule has 0 radical (unpaired) electrons. The fraction of sp³-hybridized carbons (Fsp3) is 0.267. The molecule has 0 saturated carbocycles. The van der Waals surface area contributed by atoms with Crippen LogP contribution in [0.2, 0.25) is 0 Å². The van der Waals surface area contributed by atoms with Crippen LogP contribution in [0.5, 0.6) is 0 Å². The molecule has 2 N–H and O–H groups in total. The Morgan fingerprint density at radius 2 is 2.05 bits per heavy atom. The molecular formula is C15H17N3O3. The van der Waals surface area contributed by atoms with Crippen LogP contribution < -0.4 is 5.32 Å². The van der Waals surface area contributed by atoms with E-state index in [4.69, 9.17) is 5.11 Å². The Bertz CT molecular complexity index is 606. The summed E-state index contributed by atoms with van der Waals surface area (Å²) in [6, 6.07) is 8.96. The molecule has 1 aromatic heterocycles. The summed E-state index contributed by atoms with van der Waals surface area (Å²) in [5.74, 6) is -1.04. The lowest BCUT2D eigenvalue weighted by Crippen LogP contribution is -2.18. The predicted molar refractivity (Wildman–Crippen MR) is 78.0 cm³/mol. The largest absolute Gasteiger partial charge is 0.481 e. The molecule has 1 amide bonds. The third-order valence-electron chi connectivity index (χ3n) is 3.11. The molecule has 0 bridgehead atoms. The number of nitrogens with one attached hydrogen (secondary N) is 1. The van der Waals surface area contributed by atoms with Crippen molar-refractivity contribution in [2.24, 2.45) is 0 Å². The van der Waals surface area contributed by atoms with Gasteiger partial charge in [0.15, 0.2) is 0 Å². The number of nitrogens with zero attached hydrogens (tertiary/aromatic N) is 2. The average molecular weight is 287 g/mol. The first-order valence-electron chi connectivity index (χ1n) is 6.63. The molecule has 6 nitrogen and oxygen atoms in total. The summed E-state index contributed by atoms with van der Waals surface area (Å²) in [4.78, 5) is 22.5. The Kier molecular flexibility index (Phi) is 4.71. The van der Waals surface area contributed by atoms with E-state index in [2.05, 4.69) is 10.4 Å². The number of carbonyl (C=O) groups is 2. The number of carboxylic acids is 1. The molecule has 2 aromatic rings. The Balaban J connectivity index is 1.92. The molecule has 2 rings (SSSR count). The van der Waals surface area contributed by atoms with E-state index in [1.807, 2.05) is 19.1 Å². The number of aliphatic carboxylic acids is 1. The topological polar surface area (TPSA) is 84.2 Å². The van der Waals surface area contributed by atoms with Gasteiger partial charge in [-0.25, -0.2) is 0 Å². The molecule has 6 heteroatoms. The maximum absolute atomic E-state index is 11.8. The number of amides is 1. The van der Waals surface area contributed by atoms with Gasteiger partial charge in [0.25, 0.3) is 0 Å². The lowest BCUT2D eigenvalue weighted by molar-refractivity contribution is -0.137. The van der Waals surface area contributed by atoms with E-state index in [0.29, 0.717) is 5.69 Å². The highest BCUT2D eigenvalue weighted by atomic mass is 16.4. The quantitative estimate of drug-likeness (QED) is 0.852. The van der Waals surface area contributed by atoms with E-state index in [0.717, 1.165) is 5.56 Å². The zero-order chi connectivity index (χ0) is 15.2. The third-order valence-corrected chi connectivity index (χ3v) is 3.11. The van der Waals surface area contributed by atoms with Gasteiger partial charge in [0.05, 0.1) is 6.42 Å². The van der Waals surface area contributed by atoms with E-state index < -0.39 is 5.97 Å². The zero-order valence-electron chi connectivity index (χ0n) is 11.7. The highest BCUT2D eigenvalue weighted by Crippen LogP contribution is 2.20. The minimum atomic E-state index is -0.820. The molecule has 0 spiro atoms. The number of rotatable bonds is 6. The van der Waals surface area contributed by atoms with Crippen LogP contribution in [0, 0.1) is 0 Å². The van der Waals surface area contributed by atoms with Gasteiger partial charge in [-0.2, -0.15) is 5.10 Å². The van der Waals surface area contributed by atoms with Gasteiger partial charge in [-0.05, 0) is 29.7 Å². The van der Waals surface area contributed by atoms with E-state index in [1.165, 1.54) is 0 Å². The molecule has 1 aromatic carbocycles. The first-order valence-corrected chi connectivity index (χ1v) is 6.63. The van der Waals surface area contributed by atoms with Gasteiger partial charge in [0, 0.05) is 18.1 Å². The van der Waals surface area contributed by atoms with Crippen LogP contribution >= 0.6 is 0 Å². The minimum absolute atomic E-state index is 0.0590. The maximum Gasteiger partial charge on any atom is 0.303 e. The number of anilines is 1. The minimum Gasteiger partial charge on any atom is -0.481 e. The molecule has 0 aliphatic heterocycles. The van der Waals surface area contributed by atoms with Crippen molar-refractivity contribution in [3.63, 3.8) is 0 Å². The molecule has 0 fully saturated rings. The fourth-order valence-electron chi connectivity index (χ4n) is 2.02. The third kappa shape index (κ3) is 4.45. The molecule has 1 unspecified atom stereocenters. The molecular weight excluding hydrogens is 270 g/mol. The van der Waals surface area contributed by atoms with Crippen molar-refractivity contribution in [1.82, 2.24) is 9.78 Å².